The standard InChI is InChI=1S/C23H28N2O5S/c1-6-29-19-9-7-8-17-14-20(30-21(17)19)15(2)24-22(26)16-10-12-18(13-11-16)31(27,28)25-23(3,4)5/h7-15,25H,6H2,1-5H3,(H,24,26). The van der Waals surface area contributed by atoms with Gasteiger partial charge in [-0.1, -0.05) is 12.1 Å². The third-order valence-corrected chi connectivity index (χ3v) is 6.24. The zero-order valence-corrected chi connectivity index (χ0v) is 19.2. The summed E-state index contributed by atoms with van der Waals surface area (Å²) in [5.74, 6) is 0.931. The quantitative estimate of drug-likeness (QED) is 0.563. The maximum Gasteiger partial charge on any atom is 0.251 e. The Kier molecular flexibility index (Phi) is 6.43. The highest BCUT2D eigenvalue weighted by atomic mass is 32.2. The highest BCUT2D eigenvalue weighted by Gasteiger charge is 2.22. The van der Waals surface area contributed by atoms with Gasteiger partial charge in [0.05, 0.1) is 17.5 Å². The number of para-hydroxylation sites is 1. The first-order valence-corrected chi connectivity index (χ1v) is 11.6. The van der Waals surface area contributed by atoms with Crippen LogP contribution in [0, 0.1) is 0 Å². The predicted octanol–water partition coefficient (Wildman–Crippen LogP) is 4.40. The molecule has 0 aliphatic carbocycles. The molecule has 1 atom stereocenters. The van der Waals surface area contributed by atoms with Crippen LogP contribution in [0.25, 0.3) is 11.0 Å². The molecule has 2 N–H and O–H groups in total. The van der Waals surface area contributed by atoms with Crippen LogP contribution in [0.3, 0.4) is 0 Å². The summed E-state index contributed by atoms with van der Waals surface area (Å²) >= 11 is 0. The highest BCUT2D eigenvalue weighted by molar-refractivity contribution is 7.89. The summed E-state index contributed by atoms with van der Waals surface area (Å²) in [7, 11) is -3.66. The number of hydrogen-bond donors (Lipinski definition) is 2. The van der Waals surface area contributed by atoms with Crippen LogP contribution < -0.4 is 14.8 Å². The van der Waals surface area contributed by atoms with Crippen LogP contribution in [-0.4, -0.2) is 26.5 Å². The van der Waals surface area contributed by atoms with Crippen LogP contribution in [0.4, 0.5) is 0 Å². The molecule has 0 saturated carbocycles. The molecule has 1 heterocycles. The van der Waals surface area contributed by atoms with Crippen LogP contribution in [0.5, 0.6) is 5.75 Å². The smallest absolute Gasteiger partial charge is 0.251 e. The van der Waals surface area contributed by atoms with Gasteiger partial charge in [0.15, 0.2) is 11.3 Å². The first-order chi connectivity index (χ1) is 14.5. The van der Waals surface area contributed by atoms with Gasteiger partial charge in [-0.05, 0) is 71.0 Å². The molecule has 0 aliphatic rings. The average molecular weight is 445 g/mol. The second-order valence-corrected chi connectivity index (χ2v) is 10.0. The van der Waals surface area contributed by atoms with Crippen LogP contribution in [0.15, 0.2) is 57.8 Å². The van der Waals surface area contributed by atoms with E-state index < -0.39 is 15.6 Å². The first kappa shape index (κ1) is 22.8. The summed E-state index contributed by atoms with van der Waals surface area (Å²) in [4.78, 5) is 12.8. The number of sulfonamides is 1. The van der Waals surface area contributed by atoms with Crippen molar-refractivity contribution in [2.45, 2.75) is 51.1 Å². The van der Waals surface area contributed by atoms with Gasteiger partial charge in [-0.3, -0.25) is 4.79 Å². The van der Waals surface area contributed by atoms with Gasteiger partial charge in [0.25, 0.3) is 5.91 Å². The summed E-state index contributed by atoms with van der Waals surface area (Å²) in [6.07, 6.45) is 0. The summed E-state index contributed by atoms with van der Waals surface area (Å²) in [5.41, 5.74) is 0.396. The van der Waals surface area contributed by atoms with Gasteiger partial charge in [-0.15, -0.1) is 0 Å². The van der Waals surface area contributed by atoms with Crippen LogP contribution in [0.2, 0.25) is 0 Å². The monoisotopic (exact) mass is 444 g/mol. The molecule has 0 aliphatic heterocycles. The van der Waals surface area contributed by atoms with Gasteiger partial charge in [0, 0.05) is 16.5 Å². The van der Waals surface area contributed by atoms with Crippen molar-refractivity contribution >= 4 is 26.9 Å². The van der Waals surface area contributed by atoms with E-state index in [1.165, 1.54) is 24.3 Å². The lowest BCUT2D eigenvalue weighted by molar-refractivity contribution is 0.0935. The fraction of sp³-hybridized carbons (Fsp3) is 0.348. The number of hydrogen-bond acceptors (Lipinski definition) is 5. The second-order valence-electron chi connectivity index (χ2n) is 8.33. The third-order valence-electron chi connectivity index (χ3n) is 4.47. The highest BCUT2D eigenvalue weighted by Crippen LogP contribution is 2.31. The van der Waals surface area contributed by atoms with E-state index in [4.69, 9.17) is 9.15 Å². The molecule has 0 saturated heterocycles. The van der Waals surface area contributed by atoms with E-state index in [1.807, 2.05) is 38.1 Å². The van der Waals surface area contributed by atoms with Gasteiger partial charge in [-0.25, -0.2) is 13.1 Å². The Balaban J connectivity index is 1.74. The fourth-order valence-electron chi connectivity index (χ4n) is 3.14. The van der Waals surface area contributed by atoms with E-state index in [2.05, 4.69) is 10.0 Å². The minimum Gasteiger partial charge on any atom is -0.490 e. The number of amides is 1. The molecule has 166 valence electrons. The second kappa shape index (κ2) is 8.72. The maximum absolute atomic E-state index is 12.7. The lowest BCUT2D eigenvalue weighted by Gasteiger charge is -2.20. The van der Waals surface area contributed by atoms with Crippen molar-refractivity contribution in [2.75, 3.05) is 6.61 Å². The van der Waals surface area contributed by atoms with Gasteiger partial charge in [-0.2, -0.15) is 0 Å². The van der Waals surface area contributed by atoms with Crippen molar-refractivity contribution in [1.29, 1.82) is 0 Å². The Morgan fingerprint density at radius 2 is 1.81 bits per heavy atom. The van der Waals surface area contributed by atoms with Crippen molar-refractivity contribution < 1.29 is 22.4 Å². The topological polar surface area (TPSA) is 97.6 Å². The molecule has 7 nitrogen and oxygen atoms in total. The minimum absolute atomic E-state index is 0.104. The Bertz CT molecular complexity index is 1170. The van der Waals surface area contributed by atoms with E-state index in [9.17, 15) is 13.2 Å². The van der Waals surface area contributed by atoms with Crippen LogP contribution in [-0.2, 0) is 10.0 Å². The minimum atomic E-state index is -3.66. The molecule has 1 aromatic heterocycles. The average Bonchev–Trinajstić information content (AvgIpc) is 3.12. The Morgan fingerprint density at radius 1 is 1.13 bits per heavy atom. The fourth-order valence-corrected chi connectivity index (χ4v) is 4.56. The molecule has 2 aromatic carbocycles. The number of nitrogens with one attached hydrogen (secondary N) is 2. The number of benzene rings is 2. The largest absolute Gasteiger partial charge is 0.490 e. The molecular weight excluding hydrogens is 416 g/mol. The molecule has 1 amide bonds. The van der Waals surface area contributed by atoms with Crippen molar-refractivity contribution in [2.24, 2.45) is 0 Å². The van der Waals surface area contributed by atoms with Crippen LogP contribution in [0.1, 0.15) is 56.8 Å². The maximum atomic E-state index is 12.7. The lowest BCUT2D eigenvalue weighted by Crippen LogP contribution is -2.40. The lowest BCUT2D eigenvalue weighted by atomic mass is 10.1. The normalized spacial score (nSPS) is 13.2. The van der Waals surface area contributed by atoms with Crippen LogP contribution >= 0.6 is 0 Å². The number of rotatable bonds is 7. The number of carbonyl (C=O) groups is 1. The molecule has 0 fully saturated rings. The van der Waals surface area contributed by atoms with Crippen molar-refractivity contribution in [1.82, 2.24) is 10.0 Å². The SMILES string of the molecule is CCOc1cccc2cc(C(C)NC(=O)c3ccc(S(=O)(=O)NC(C)(C)C)cc3)oc12. The number of fused-ring (bicyclic) bond motifs is 1. The molecule has 31 heavy (non-hydrogen) atoms. The third kappa shape index (κ3) is 5.45. The van der Waals surface area contributed by atoms with Crippen molar-refractivity contribution in [3.63, 3.8) is 0 Å². The van der Waals surface area contributed by atoms with Crippen molar-refractivity contribution in [3.8, 4) is 5.75 Å². The number of carbonyl (C=O) groups excluding carboxylic acids is 1. The Morgan fingerprint density at radius 3 is 2.42 bits per heavy atom. The Hall–Kier alpha value is -2.84. The molecule has 0 radical (unpaired) electrons. The summed E-state index contributed by atoms with van der Waals surface area (Å²) in [5, 5.41) is 3.77. The van der Waals surface area contributed by atoms with E-state index in [1.54, 1.807) is 20.8 Å². The van der Waals surface area contributed by atoms with E-state index in [0.29, 0.717) is 29.3 Å². The summed E-state index contributed by atoms with van der Waals surface area (Å²) < 4.78 is 39.0. The zero-order chi connectivity index (χ0) is 22.8. The summed E-state index contributed by atoms with van der Waals surface area (Å²) in [6.45, 7) is 9.55. The zero-order valence-electron chi connectivity index (χ0n) is 18.4. The Labute approximate surface area is 182 Å². The van der Waals surface area contributed by atoms with Gasteiger partial charge in [0.2, 0.25) is 10.0 Å². The van der Waals surface area contributed by atoms with Crippen molar-refractivity contribution in [3.05, 3.63) is 59.9 Å². The van der Waals surface area contributed by atoms with Gasteiger partial charge < -0.3 is 14.5 Å². The van der Waals surface area contributed by atoms with Gasteiger partial charge >= 0.3 is 0 Å². The van der Waals surface area contributed by atoms with Gasteiger partial charge in [0.1, 0.15) is 5.76 Å². The van der Waals surface area contributed by atoms with E-state index in [-0.39, 0.29) is 16.8 Å². The molecule has 0 spiro atoms. The molecule has 1 unspecified atom stereocenters. The van der Waals surface area contributed by atoms with E-state index in [0.717, 1.165) is 5.39 Å². The predicted molar refractivity (Wildman–Crippen MR) is 120 cm³/mol. The summed E-state index contributed by atoms with van der Waals surface area (Å²) in [6, 6.07) is 13.0. The number of furan rings is 1. The molecular formula is C23H28N2O5S. The van der Waals surface area contributed by atoms with E-state index >= 15 is 0 Å². The first-order valence-electron chi connectivity index (χ1n) is 10.1. The number of ether oxygens (including phenoxy) is 1. The molecule has 8 heteroatoms. The molecule has 0 bridgehead atoms. The molecule has 3 rings (SSSR count). The molecule has 3 aromatic rings.